The minimum Gasteiger partial charge on any atom is -0.339 e. The van der Waals surface area contributed by atoms with Crippen molar-refractivity contribution in [3.8, 4) is 0 Å². The van der Waals surface area contributed by atoms with E-state index in [-0.39, 0.29) is 17.3 Å². The highest BCUT2D eigenvalue weighted by Crippen LogP contribution is 2.23. The van der Waals surface area contributed by atoms with E-state index in [1.807, 2.05) is 30.0 Å². The maximum Gasteiger partial charge on any atom is 0.307 e. The summed E-state index contributed by atoms with van der Waals surface area (Å²) < 4.78 is 2.77. The summed E-state index contributed by atoms with van der Waals surface area (Å²) in [6.45, 7) is 5.89. The molecule has 1 fully saturated rings. The van der Waals surface area contributed by atoms with Gasteiger partial charge in [-0.25, -0.2) is 4.98 Å². The number of aryl methyl sites for hydroxylation is 1. The number of rotatable bonds is 4. The van der Waals surface area contributed by atoms with Gasteiger partial charge in [0, 0.05) is 37.3 Å². The maximum atomic E-state index is 12.5. The van der Waals surface area contributed by atoms with Crippen molar-refractivity contribution in [2.24, 2.45) is 0 Å². The van der Waals surface area contributed by atoms with E-state index in [1.165, 1.54) is 4.70 Å². The highest BCUT2D eigenvalue weighted by molar-refractivity contribution is 7.18. The lowest BCUT2D eigenvalue weighted by Gasteiger charge is -2.34. The van der Waals surface area contributed by atoms with Crippen molar-refractivity contribution in [1.29, 1.82) is 0 Å². The third-order valence-electron chi connectivity index (χ3n) is 4.69. The van der Waals surface area contributed by atoms with Gasteiger partial charge in [0.25, 0.3) is 0 Å². The number of benzene rings is 1. The van der Waals surface area contributed by atoms with E-state index >= 15 is 0 Å². The van der Waals surface area contributed by atoms with Gasteiger partial charge < -0.3 is 4.90 Å². The highest BCUT2D eigenvalue weighted by Gasteiger charge is 2.22. The van der Waals surface area contributed by atoms with Gasteiger partial charge in [0.05, 0.1) is 16.8 Å². The molecule has 3 heterocycles. The lowest BCUT2D eigenvalue weighted by molar-refractivity contribution is -0.133. The van der Waals surface area contributed by atoms with Crippen molar-refractivity contribution in [2.75, 3.05) is 26.2 Å². The van der Waals surface area contributed by atoms with Crippen LogP contribution in [-0.4, -0.2) is 51.4 Å². The van der Waals surface area contributed by atoms with E-state index in [0.717, 1.165) is 47.2 Å². The molecule has 3 aromatic rings. The van der Waals surface area contributed by atoms with Crippen LogP contribution in [0.3, 0.4) is 0 Å². The molecule has 8 heteroatoms. The lowest BCUT2D eigenvalue weighted by Crippen LogP contribution is -2.49. The molecular formula is C18H20N4O2S2. The van der Waals surface area contributed by atoms with Crippen LogP contribution in [0.2, 0.25) is 0 Å². The van der Waals surface area contributed by atoms with E-state index in [9.17, 15) is 9.59 Å². The fraction of sp³-hybridized carbons (Fsp3) is 0.389. The number of carbonyl (C=O) groups excluding carboxylic acids is 1. The van der Waals surface area contributed by atoms with Crippen LogP contribution in [0.5, 0.6) is 0 Å². The lowest BCUT2D eigenvalue weighted by atomic mass is 10.3. The molecule has 26 heavy (non-hydrogen) atoms. The van der Waals surface area contributed by atoms with E-state index < -0.39 is 0 Å². The molecule has 0 unspecified atom stereocenters. The van der Waals surface area contributed by atoms with Gasteiger partial charge in [0.1, 0.15) is 11.6 Å². The summed E-state index contributed by atoms with van der Waals surface area (Å²) in [4.78, 5) is 33.1. The molecule has 1 aliphatic rings. The summed E-state index contributed by atoms with van der Waals surface area (Å²) in [6.07, 6.45) is 0. The second-order valence-corrected chi connectivity index (χ2v) is 8.40. The number of aromatic nitrogens is 2. The predicted molar refractivity (Wildman–Crippen MR) is 105 cm³/mol. The Morgan fingerprint density at radius 2 is 1.96 bits per heavy atom. The first-order valence-corrected chi connectivity index (χ1v) is 10.3. The molecule has 1 aromatic carbocycles. The second kappa shape index (κ2) is 7.30. The van der Waals surface area contributed by atoms with E-state index in [2.05, 4.69) is 16.0 Å². The number of para-hydroxylation sites is 1. The smallest absolute Gasteiger partial charge is 0.307 e. The number of thiazole rings is 2. The van der Waals surface area contributed by atoms with Crippen molar-refractivity contribution in [3.63, 3.8) is 0 Å². The van der Waals surface area contributed by atoms with Crippen molar-refractivity contribution in [2.45, 2.75) is 20.0 Å². The quantitative estimate of drug-likeness (QED) is 0.687. The zero-order chi connectivity index (χ0) is 18.1. The number of hydrogen-bond donors (Lipinski definition) is 0. The van der Waals surface area contributed by atoms with Crippen molar-refractivity contribution >= 4 is 38.8 Å². The van der Waals surface area contributed by atoms with Gasteiger partial charge in [-0.05, 0) is 19.1 Å². The number of hydrogen-bond acceptors (Lipinski definition) is 6. The number of carbonyl (C=O) groups is 1. The van der Waals surface area contributed by atoms with Gasteiger partial charge in [0.15, 0.2) is 0 Å². The Morgan fingerprint density at radius 1 is 1.19 bits per heavy atom. The second-order valence-electron chi connectivity index (χ2n) is 6.46. The number of amides is 1. The van der Waals surface area contributed by atoms with Crippen molar-refractivity contribution in [1.82, 2.24) is 19.4 Å². The summed E-state index contributed by atoms with van der Waals surface area (Å²) in [5.41, 5.74) is 1.90. The van der Waals surface area contributed by atoms with E-state index in [4.69, 9.17) is 0 Å². The molecule has 0 radical (unpaired) electrons. The van der Waals surface area contributed by atoms with Crippen LogP contribution in [0.1, 0.15) is 10.7 Å². The van der Waals surface area contributed by atoms with Gasteiger partial charge in [-0.2, -0.15) is 0 Å². The summed E-state index contributed by atoms with van der Waals surface area (Å²) in [5, 5.41) is 2.91. The topological polar surface area (TPSA) is 58.4 Å². The summed E-state index contributed by atoms with van der Waals surface area (Å²) in [7, 11) is 0. The van der Waals surface area contributed by atoms with Crippen LogP contribution in [0.4, 0.5) is 0 Å². The number of nitrogens with zero attached hydrogens (tertiary/aromatic N) is 4. The minimum absolute atomic E-state index is 0.0215. The van der Waals surface area contributed by atoms with Crippen molar-refractivity contribution in [3.05, 3.63) is 50.0 Å². The maximum absolute atomic E-state index is 12.5. The normalized spacial score (nSPS) is 15.7. The first kappa shape index (κ1) is 17.4. The fourth-order valence-corrected chi connectivity index (χ4v) is 4.91. The molecule has 4 rings (SSSR count). The van der Waals surface area contributed by atoms with E-state index in [0.29, 0.717) is 13.1 Å². The van der Waals surface area contributed by atoms with Crippen LogP contribution >= 0.6 is 22.7 Å². The molecule has 6 nitrogen and oxygen atoms in total. The molecule has 0 saturated carbocycles. The zero-order valence-corrected chi connectivity index (χ0v) is 16.2. The summed E-state index contributed by atoms with van der Waals surface area (Å²) >= 11 is 2.88. The van der Waals surface area contributed by atoms with Crippen molar-refractivity contribution < 1.29 is 4.79 Å². The van der Waals surface area contributed by atoms with Gasteiger partial charge >= 0.3 is 4.87 Å². The van der Waals surface area contributed by atoms with Crippen LogP contribution in [0.25, 0.3) is 10.2 Å². The Hall–Kier alpha value is -2.03. The Bertz CT molecular complexity index is 949. The molecule has 0 N–H and O–H groups in total. The van der Waals surface area contributed by atoms with Crippen LogP contribution in [0.15, 0.2) is 34.4 Å². The predicted octanol–water partition coefficient (Wildman–Crippen LogP) is 2.17. The molecule has 0 atom stereocenters. The molecule has 1 aliphatic heterocycles. The molecule has 0 bridgehead atoms. The molecule has 1 amide bonds. The number of piperazine rings is 1. The average molecular weight is 389 g/mol. The van der Waals surface area contributed by atoms with Gasteiger partial charge in [-0.15, -0.1) is 11.3 Å². The average Bonchev–Trinajstić information content (AvgIpc) is 3.19. The highest BCUT2D eigenvalue weighted by atomic mass is 32.1. The number of fused-ring (bicyclic) bond motifs is 1. The monoisotopic (exact) mass is 388 g/mol. The zero-order valence-electron chi connectivity index (χ0n) is 14.6. The Morgan fingerprint density at radius 3 is 2.65 bits per heavy atom. The Kier molecular flexibility index (Phi) is 4.88. The largest absolute Gasteiger partial charge is 0.339 e. The van der Waals surface area contributed by atoms with Gasteiger partial charge in [0.2, 0.25) is 5.91 Å². The summed E-state index contributed by atoms with van der Waals surface area (Å²) in [5.74, 6) is 0.0215. The first-order chi connectivity index (χ1) is 12.6. The Balaban J connectivity index is 1.33. The molecule has 2 aromatic heterocycles. The fourth-order valence-electron chi connectivity index (χ4n) is 3.17. The third-order valence-corrected chi connectivity index (χ3v) is 6.59. The Labute approximate surface area is 159 Å². The van der Waals surface area contributed by atoms with Crippen LogP contribution < -0.4 is 4.87 Å². The third kappa shape index (κ3) is 3.58. The minimum atomic E-state index is -0.0645. The van der Waals surface area contributed by atoms with E-state index in [1.54, 1.807) is 21.3 Å². The van der Waals surface area contributed by atoms with Gasteiger partial charge in [-0.3, -0.25) is 19.1 Å². The first-order valence-electron chi connectivity index (χ1n) is 8.59. The van der Waals surface area contributed by atoms with Crippen LogP contribution in [-0.2, 0) is 17.9 Å². The summed E-state index contributed by atoms with van der Waals surface area (Å²) in [6, 6.07) is 8.19. The standard InChI is InChI=1S/C18H20N4O2S2/c1-13-12-25-18(24)22(13)11-17(23)21-8-6-20(7-9-21)10-16-19-14-4-2-3-5-15(14)26-16/h2-5,12H,6-11H2,1H3. The molecule has 0 spiro atoms. The van der Waals surface area contributed by atoms with Crippen LogP contribution in [0, 0.1) is 6.92 Å². The molecular weight excluding hydrogens is 368 g/mol. The molecule has 0 aliphatic carbocycles. The SMILES string of the molecule is Cc1csc(=O)n1CC(=O)N1CCN(Cc2nc3ccccc3s2)CC1. The molecule has 1 saturated heterocycles. The molecule has 136 valence electrons. The van der Waals surface area contributed by atoms with Gasteiger partial charge in [-0.1, -0.05) is 23.5 Å².